The maximum atomic E-state index is 11.9. The molecule has 0 saturated carbocycles. The van der Waals surface area contributed by atoms with Gasteiger partial charge in [-0.05, 0) is 40.6 Å². The van der Waals surface area contributed by atoms with E-state index >= 15 is 0 Å². The second kappa shape index (κ2) is 8.49. The molecule has 0 unspecified atom stereocenters. The number of nitrogens with zero attached hydrogens (tertiary/aromatic N) is 1. The number of halogens is 1. The Labute approximate surface area is 159 Å². The molecule has 3 aromatic carbocycles. The van der Waals surface area contributed by atoms with Crippen LogP contribution in [0.4, 0.5) is 0 Å². The van der Waals surface area contributed by atoms with Crippen LogP contribution >= 0.6 is 15.9 Å². The van der Waals surface area contributed by atoms with Crippen molar-refractivity contribution >= 4 is 38.8 Å². The summed E-state index contributed by atoms with van der Waals surface area (Å²) in [6.45, 7) is -0.160. The molecule has 1 amide bonds. The molecule has 0 atom stereocenters. The fourth-order valence-corrected chi connectivity index (χ4v) is 2.74. The van der Waals surface area contributed by atoms with Crippen molar-refractivity contribution in [3.05, 3.63) is 70.7 Å². The second-order valence-corrected chi connectivity index (χ2v) is 6.40. The van der Waals surface area contributed by atoms with Crippen molar-refractivity contribution in [3.63, 3.8) is 0 Å². The van der Waals surface area contributed by atoms with Gasteiger partial charge in [0.1, 0.15) is 0 Å². The Morgan fingerprint density at radius 2 is 1.88 bits per heavy atom. The Hall–Kier alpha value is -2.86. The van der Waals surface area contributed by atoms with Gasteiger partial charge in [0, 0.05) is 4.47 Å². The quantitative estimate of drug-likeness (QED) is 0.488. The van der Waals surface area contributed by atoms with E-state index in [4.69, 9.17) is 9.47 Å². The van der Waals surface area contributed by atoms with E-state index in [1.807, 2.05) is 48.5 Å². The molecular formula is C20H17BrN2O3. The molecule has 3 rings (SSSR count). The van der Waals surface area contributed by atoms with Crippen molar-refractivity contribution in [1.82, 2.24) is 5.43 Å². The summed E-state index contributed by atoms with van der Waals surface area (Å²) in [5.41, 5.74) is 3.36. The van der Waals surface area contributed by atoms with Gasteiger partial charge >= 0.3 is 0 Å². The van der Waals surface area contributed by atoms with Crippen LogP contribution in [0, 0.1) is 0 Å². The first-order valence-electron chi connectivity index (χ1n) is 7.93. The minimum Gasteiger partial charge on any atom is -0.493 e. The standard InChI is InChI=1S/C20H17BrN2O3/c1-25-19-11-17(21)8-9-18(19)26-13-20(24)23-22-12-14-6-7-15-4-2-3-5-16(15)10-14/h2-12H,13H2,1H3,(H,23,24)/b22-12-. The number of carbonyl (C=O) groups is 1. The number of hydrogen-bond donors (Lipinski definition) is 1. The molecule has 0 heterocycles. The molecule has 3 aromatic rings. The Morgan fingerprint density at radius 1 is 1.08 bits per heavy atom. The van der Waals surface area contributed by atoms with Gasteiger partial charge < -0.3 is 9.47 Å². The van der Waals surface area contributed by atoms with Crippen LogP contribution in [0.15, 0.2) is 70.2 Å². The van der Waals surface area contributed by atoms with Gasteiger partial charge in [-0.3, -0.25) is 4.79 Å². The Bertz CT molecular complexity index is 957. The summed E-state index contributed by atoms with van der Waals surface area (Å²) in [7, 11) is 1.54. The third kappa shape index (κ3) is 4.61. The molecule has 5 nitrogen and oxygen atoms in total. The number of benzene rings is 3. The summed E-state index contributed by atoms with van der Waals surface area (Å²) >= 11 is 3.35. The normalized spacial score (nSPS) is 10.8. The summed E-state index contributed by atoms with van der Waals surface area (Å²) in [4.78, 5) is 11.9. The molecule has 1 N–H and O–H groups in total. The third-order valence-electron chi connectivity index (χ3n) is 3.66. The topological polar surface area (TPSA) is 59.9 Å². The minimum atomic E-state index is -0.355. The van der Waals surface area contributed by atoms with Crippen molar-refractivity contribution in [2.75, 3.05) is 13.7 Å². The molecule has 0 fully saturated rings. The van der Waals surface area contributed by atoms with Gasteiger partial charge in [-0.15, -0.1) is 0 Å². The first kappa shape index (κ1) is 17.9. The number of rotatable bonds is 6. The molecule has 6 heteroatoms. The fraction of sp³-hybridized carbons (Fsp3) is 0.100. The zero-order valence-corrected chi connectivity index (χ0v) is 15.7. The molecule has 0 spiro atoms. The van der Waals surface area contributed by atoms with Gasteiger partial charge in [-0.2, -0.15) is 5.10 Å². The van der Waals surface area contributed by atoms with Crippen LogP contribution in [0.25, 0.3) is 10.8 Å². The van der Waals surface area contributed by atoms with Gasteiger partial charge in [-0.1, -0.05) is 52.3 Å². The number of hydrogen-bond acceptors (Lipinski definition) is 4. The monoisotopic (exact) mass is 412 g/mol. The molecule has 0 bridgehead atoms. The summed E-state index contributed by atoms with van der Waals surface area (Å²) < 4.78 is 11.6. The lowest BCUT2D eigenvalue weighted by Gasteiger charge is -2.10. The van der Waals surface area contributed by atoms with Gasteiger partial charge in [-0.25, -0.2) is 5.43 Å². The van der Waals surface area contributed by atoms with E-state index in [-0.39, 0.29) is 12.5 Å². The third-order valence-corrected chi connectivity index (χ3v) is 4.15. The second-order valence-electron chi connectivity index (χ2n) is 5.48. The van der Waals surface area contributed by atoms with Crippen LogP contribution in [0.2, 0.25) is 0 Å². The lowest BCUT2D eigenvalue weighted by molar-refractivity contribution is -0.123. The van der Waals surface area contributed by atoms with Crippen LogP contribution < -0.4 is 14.9 Å². The van der Waals surface area contributed by atoms with E-state index in [2.05, 4.69) is 26.5 Å². The van der Waals surface area contributed by atoms with Crippen molar-refractivity contribution in [2.24, 2.45) is 5.10 Å². The summed E-state index contributed by atoms with van der Waals surface area (Å²) in [6.07, 6.45) is 1.60. The van der Waals surface area contributed by atoms with Crippen molar-refractivity contribution < 1.29 is 14.3 Å². The highest BCUT2D eigenvalue weighted by Gasteiger charge is 2.07. The van der Waals surface area contributed by atoms with E-state index in [1.54, 1.807) is 25.5 Å². The zero-order chi connectivity index (χ0) is 18.4. The molecule has 0 saturated heterocycles. The summed E-state index contributed by atoms with van der Waals surface area (Å²) in [6, 6.07) is 19.3. The van der Waals surface area contributed by atoms with E-state index in [1.165, 1.54) is 0 Å². The highest BCUT2D eigenvalue weighted by molar-refractivity contribution is 9.10. The highest BCUT2D eigenvalue weighted by atomic mass is 79.9. The predicted octanol–water partition coefficient (Wildman–Crippen LogP) is 4.14. The van der Waals surface area contributed by atoms with Crippen LogP contribution in [-0.4, -0.2) is 25.8 Å². The predicted molar refractivity (Wildman–Crippen MR) is 106 cm³/mol. The van der Waals surface area contributed by atoms with Gasteiger partial charge in [0.25, 0.3) is 5.91 Å². The molecule has 0 radical (unpaired) electrons. The maximum Gasteiger partial charge on any atom is 0.277 e. The van der Waals surface area contributed by atoms with Crippen LogP contribution in [0.5, 0.6) is 11.5 Å². The first-order chi connectivity index (χ1) is 12.7. The molecule has 132 valence electrons. The van der Waals surface area contributed by atoms with Crippen molar-refractivity contribution in [3.8, 4) is 11.5 Å². The van der Waals surface area contributed by atoms with Crippen molar-refractivity contribution in [2.45, 2.75) is 0 Å². The number of amides is 1. The van der Waals surface area contributed by atoms with Gasteiger partial charge in [0.05, 0.1) is 13.3 Å². The van der Waals surface area contributed by atoms with E-state index < -0.39 is 0 Å². The van der Waals surface area contributed by atoms with E-state index in [0.717, 1.165) is 20.8 Å². The Balaban J connectivity index is 1.55. The molecule has 0 aliphatic rings. The first-order valence-corrected chi connectivity index (χ1v) is 8.72. The lowest BCUT2D eigenvalue weighted by Crippen LogP contribution is -2.24. The number of fused-ring (bicyclic) bond motifs is 1. The average Bonchev–Trinajstić information content (AvgIpc) is 2.66. The van der Waals surface area contributed by atoms with Gasteiger partial charge in [0.15, 0.2) is 18.1 Å². The summed E-state index contributed by atoms with van der Waals surface area (Å²) in [5.74, 6) is 0.684. The van der Waals surface area contributed by atoms with E-state index in [0.29, 0.717) is 11.5 Å². The largest absolute Gasteiger partial charge is 0.493 e. The summed E-state index contributed by atoms with van der Waals surface area (Å²) in [5, 5.41) is 6.25. The Morgan fingerprint density at radius 3 is 2.69 bits per heavy atom. The number of ether oxygens (including phenoxy) is 2. The molecule has 26 heavy (non-hydrogen) atoms. The van der Waals surface area contributed by atoms with Crippen LogP contribution in [0.3, 0.4) is 0 Å². The highest BCUT2D eigenvalue weighted by Crippen LogP contribution is 2.30. The van der Waals surface area contributed by atoms with Crippen LogP contribution in [0.1, 0.15) is 5.56 Å². The molecule has 0 aromatic heterocycles. The number of carbonyl (C=O) groups excluding carboxylic acids is 1. The molecule has 0 aliphatic heterocycles. The SMILES string of the molecule is COc1cc(Br)ccc1OCC(=O)N/N=C\c1ccc2ccccc2c1. The zero-order valence-electron chi connectivity index (χ0n) is 14.1. The molecular weight excluding hydrogens is 396 g/mol. The maximum absolute atomic E-state index is 11.9. The number of hydrazone groups is 1. The van der Waals surface area contributed by atoms with E-state index in [9.17, 15) is 4.79 Å². The van der Waals surface area contributed by atoms with Crippen LogP contribution in [-0.2, 0) is 4.79 Å². The fourth-order valence-electron chi connectivity index (χ4n) is 2.40. The number of nitrogens with one attached hydrogen (secondary N) is 1. The lowest BCUT2D eigenvalue weighted by atomic mass is 10.1. The van der Waals surface area contributed by atoms with Crippen molar-refractivity contribution in [1.29, 1.82) is 0 Å². The Kier molecular flexibility index (Phi) is 5.86. The van der Waals surface area contributed by atoms with Gasteiger partial charge in [0.2, 0.25) is 0 Å². The average molecular weight is 413 g/mol. The molecule has 0 aliphatic carbocycles. The minimum absolute atomic E-state index is 0.160. The number of methoxy groups -OCH3 is 1. The smallest absolute Gasteiger partial charge is 0.277 e.